The summed E-state index contributed by atoms with van der Waals surface area (Å²) in [4.78, 5) is 3.84. The highest BCUT2D eigenvalue weighted by molar-refractivity contribution is 5.90. The van der Waals surface area contributed by atoms with Gasteiger partial charge in [-0.3, -0.25) is 0 Å². The number of fused-ring (bicyclic) bond motifs is 4. The number of aromatic amines is 1. The Morgan fingerprint density at radius 2 is 1.72 bits per heavy atom. The molecule has 0 spiro atoms. The van der Waals surface area contributed by atoms with Gasteiger partial charge >= 0.3 is 0 Å². The average Bonchev–Trinajstić information content (AvgIpc) is 3.11. The second-order valence-electron chi connectivity index (χ2n) is 9.45. The summed E-state index contributed by atoms with van der Waals surface area (Å²) in [6.07, 6.45) is 2.07. The van der Waals surface area contributed by atoms with Gasteiger partial charge in [-0.15, -0.1) is 0 Å². The van der Waals surface area contributed by atoms with Gasteiger partial charge in [-0.1, -0.05) is 76.2 Å². The Bertz CT molecular complexity index is 1200. The Kier molecular flexibility index (Phi) is 4.11. The summed E-state index contributed by atoms with van der Waals surface area (Å²) in [5.41, 5.74) is 6.84. The topological polar surface area (TPSA) is 27.8 Å². The van der Waals surface area contributed by atoms with Crippen molar-refractivity contribution in [3.05, 3.63) is 83.0 Å². The molecule has 148 valence electrons. The van der Waals surface area contributed by atoms with Crippen molar-refractivity contribution in [3.63, 3.8) is 0 Å². The van der Waals surface area contributed by atoms with E-state index < -0.39 is 0 Å². The van der Waals surface area contributed by atoms with Crippen LogP contribution in [0, 0.1) is 0 Å². The van der Waals surface area contributed by atoms with Crippen molar-refractivity contribution in [2.24, 2.45) is 0 Å². The van der Waals surface area contributed by atoms with Crippen LogP contribution in [0.5, 0.6) is 0 Å². The molecule has 0 fully saturated rings. The summed E-state index contributed by atoms with van der Waals surface area (Å²) in [5.74, 6) is 0. The number of H-pyrrole nitrogens is 1. The third kappa shape index (κ3) is 2.73. The summed E-state index contributed by atoms with van der Waals surface area (Å²) < 4.78 is 0. The van der Waals surface area contributed by atoms with Gasteiger partial charge in [-0.2, -0.15) is 0 Å². The van der Waals surface area contributed by atoms with Gasteiger partial charge in [0.25, 0.3) is 0 Å². The monoisotopic (exact) mass is 382 g/mol. The third-order valence-corrected chi connectivity index (χ3v) is 6.78. The van der Waals surface area contributed by atoms with Crippen LogP contribution >= 0.6 is 0 Å². The lowest BCUT2D eigenvalue weighted by molar-refractivity contribution is 0.363. The third-order valence-electron chi connectivity index (χ3n) is 6.78. The number of aromatic nitrogens is 1. The highest BCUT2D eigenvalue weighted by atomic mass is 15.0. The van der Waals surface area contributed by atoms with Crippen molar-refractivity contribution in [3.8, 4) is 0 Å². The standard InChI is InChI=1S/C27H30N2/c1-5-27(23-12-8-10-18-9-6-7-11-20(18)23)25-21(15-16-28-27)22-17-19(26(2,3)4)13-14-24(22)29-25/h6-14,17,28-29H,5,15-16H2,1-4H3/t27-/m0/s1. The lowest BCUT2D eigenvalue weighted by atomic mass is 9.77. The number of hydrogen-bond acceptors (Lipinski definition) is 1. The molecular weight excluding hydrogens is 352 g/mol. The Morgan fingerprint density at radius 3 is 2.52 bits per heavy atom. The number of hydrogen-bond donors (Lipinski definition) is 2. The molecule has 2 heterocycles. The smallest absolute Gasteiger partial charge is 0.0848 e. The van der Waals surface area contributed by atoms with E-state index in [9.17, 15) is 0 Å². The molecule has 4 aromatic rings. The number of rotatable bonds is 2. The Hall–Kier alpha value is -2.58. The largest absolute Gasteiger partial charge is 0.356 e. The molecule has 1 aromatic heterocycles. The molecule has 1 atom stereocenters. The molecule has 29 heavy (non-hydrogen) atoms. The maximum Gasteiger partial charge on any atom is 0.0848 e. The summed E-state index contributed by atoms with van der Waals surface area (Å²) in [6.45, 7) is 10.2. The first-order valence-corrected chi connectivity index (χ1v) is 10.8. The molecule has 0 unspecified atom stereocenters. The van der Waals surface area contributed by atoms with Gasteiger partial charge in [-0.05, 0) is 57.9 Å². The molecule has 0 aliphatic carbocycles. The van der Waals surface area contributed by atoms with E-state index in [0.717, 1.165) is 19.4 Å². The Labute approximate surface area is 173 Å². The van der Waals surface area contributed by atoms with E-state index in [0.29, 0.717) is 0 Å². The SMILES string of the molecule is CC[C@@]1(c2cccc3ccccc23)NCCc2c1[nH]c1ccc(C(C)(C)C)cc21. The number of benzene rings is 3. The van der Waals surface area contributed by atoms with Crippen LogP contribution in [0.2, 0.25) is 0 Å². The number of nitrogens with one attached hydrogen (secondary N) is 2. The van der Waals surface area contributed by atoms with E-state index >= 15 is 0 Å². The molecule has 5 rings (SSSR count). The van der Waals surface area contributed by atoms with Gasteiger partial charge in [-0.25, -0.2) is 0 Å². The lowest BCUT2D eigenvalue weighted by Gasteiger charge is -2.39. The minimum atomic E-state index is -0.185. The minimum absolute atomic E-state index is 0.155. The van der Waals surface area contributed by atoms with Crippen molar-refractivity contribution in [1.29, 1.82) is 0 Å². The summed E-state index contributed by atoms with van der Waals surface area (Å²) >= 11 is 0. The zero-order chi connectivity index (χ0) is 20.2. The molecular formula is C27H30N2. The summed E-state index contributed by atoms with van der Waals surface area (Å²) in [5, 5.41) is 7.96. The average molecular weight is 383 g/mol. The van der Waals surface area contributed by atoms with Crippen LogP contribution in [-0.4, -0.2) is 11.5 Å². The van der Waals surface area contributed by atoms with Crippen LogP contribution in [0.1, 0.15) is 56.5 Å². The minimum Gasteiger partial charge on any atom is -0.356 e. The van der Waals surface area contributed by atoms with Gasteiger partial charge in [0.1, 0.15) is 0 Å². The van der Waals surface area contributed by atoms with Crippen LogP contribution in [0.4, 0.5) is 0 Å². The first kappa shape index (κ1) is 18.4. The molecule has 0 amide bonds. The maximum absolute atomic E-state index is 3.92. The van der Waals surface area contributed by atoms with Crippen LogP contribution in [0.3, 0.4) is 0 Å². The van der Waals surface area contributed by atoms with Crippen LogP contribution < -0.4 is 5.32 Å². The van der Waals surface area contributed by atoms with Crippen molar-refractivity contribution >= 4 is 21.7 Å². The highest BCUT2D eigenvalue weighted by Gasteiger charge is 2.39. The molecule has 3 aromatic carbocycles. The van der Waals surface area contributed by atoms with E-state index in [1.807, 2.05) is 0 Å². The van der Waals surface area contributed by atoms with Crippen LogP contribution in [-0.2, 0) is 17.4 Å². The van der Waals surface area contributed by atoms with Crippen molar-refractivity contribution < 1.29 is 0 Å². The zero-order valence-electron chi connectivity index (χ0n) is 17.9. The van der Waals surface area contributed by atoms with Crippen LogP contribution in [0.25, 0.3) is 21.7 Å². The first-order chi connectivity index (χ1) is 13.9. The lowest BCUT2D eigenvalue weighted by Crippen LogP contribution is -2.48. The molecule has 0 saturated carbocycles. The second-order valence-corrected chi connectivity index (χ2v) is 9.45. The second kappa shape index (κ2) is 6.47. The van der Waals surface area contributed by atoms with E-state index in [-0.39, 0.29) is 11.0 Å². The fourth-order valence-corrected chi connectivity index (χ4v) is 5.15. The first-order valence-electron chi connectivity index (χ1n) is 10.8. The van der Waals surface area contributed by atoms with Gasteiger partial charge in [0.15, 0.2) is 0 Å². The summed E-state index contributed by atoms with van der Waals surface area (Å²) in [7, 11) is 0. The molecule has 1 aliphatic rings. The molecule has 2 heteroatoms. The van der Waals surface area contributed by atoms with Gasteiger partial charge < -0.3 is 10.3 Å². The van der Waals surface area contributed by atoms with Gasteiger partial charge in [0.05, 0.1) is 5.54 Å². The fourth-order valence-electron chi connectivity index (χ4n) is 5.15. The summed E-state index contributed by atoms with van der Waals surface area (Å²) in [6, 6.07) is 22.4. The van der Waals surface area contributed by atoms with E-state index in [1.54, 1.807) is 0 Å². The maximum atomic E-state index is 3.92. The van der Waals surface area contributed by atoms with Gasteiger partial charge in [0.2, 0.25) is 0 Å². The molecule has 2 nitrogen and oxygen atoms in total. The predicted octanol–water partition coefficient (Wildman–Crippen LogP) is 6.42. The predicted molar refractivity (Wildman–Crippen MR) is 124 cm³/mol. The van der Waals surface area contributed by atoms with E-state index in [2.05, 4.69) is 98.7 Å². The van der Waals surface area contributed by atoms with E-state index in [4.69, 9.17) is 0 Å². The molecule has 0 radical (unpaired) electrons. The van der Waals surface area contributed by atoms with E-state index in [1.165, 1.54) is 44.1 Å². The van der Waals surface area contributed by atoms with Crippen LogP contribution in [0.15, 0.2) is 60.7 Å². The molecule has 0 bridgehead atoms. The molecule has 0 saturated heterocycles. The van der Waals surface area contributed by atoms with Crippen molar-refractivity contribution in [1.82, 2.24) is 10.3 Å². The molecule has 2 N–H and O–H groups in total. The Morgan fingerprint density at radius 1 is 0.931 bits per heavy atom. The van der Waals surface area contributed by atoms with Crippen molar-refractivity contribution in [2.45, 2.75) is 51.5 Å². The quantitative estimate of drug-likeness (QED) is 0.411. The van der Waals surface area contributed by atoms with Crippen molar-refractivity contribution in [2.75, 3.05) is 6.54 Å². The zero-order valence-corrected chi connectivity index (χ0v) is 17.9. The Balaban J connectivity index is 1.79. The van der Waals surface area contributed by atoms with Gasteiger partial charge in [0, 0.05) is 23.1 Å². The normalized spacial score (nSPS) is 19.6. The highest BCUT2D eigenvalue weighted by Crippen LogP contribution is 2.43. The molecule has 1 aliphatic heterocycles. The fraction of sp³-hybridized carbons (Fsp3) is 0.333.